The first-order valence-electron chi connectivity index (χ1n) is 13.4. The highest BCUT2D eigenvalue weighted by Crippen LogP contribution is 2.27. The molecule has 0 aliphatic rings. The molecule has 0 bridgehead atoms. The van der Waals surface area contributed by atoms with E-state index in [1.54, 1.807) is 38.4 Å². The van der Waals surface area contributed by atoms with E-state index in [0.717, 1.165) is 28.0 Å². The van der Waals surface area contributed by atoms with Gasteiger partial charge in [0.2, 0.25) is 12.1 Å². The molecule has 2 heterocycles. The van der Waals surface area contributed by atoms with Crippen LogP contribution in [-0.2, 0) is 11.3 Å². The number of amides is 2. The third-order valence-electron chi connectivity index (χ3n) is 6.75. The second-order valence-corrected chi connectivity index (χ2v) is 9.73. The number of rotatable bonds is 10. The van der Waals surface area contributed by atoms with E-state index in [4.69, 9.17) is 9.15 Å². The Bertz CT molecular complexity index is 1650. The number of hydrogen-bond donors (Lipinski definition) is 3. The van der Waals surface area contributed by atoms with E-state index >= 15 is 0 Å². The second kappa shape index (κ2) is 12.9. The van der Waals surface area contributed by atoms with Crippen LogP contribution in [0.4, 0.5) is 0 Å². The topological polar surface area (TPSA) is 118 Å². The van der Waals surface area contributed by atoms with Crippen molar-refractivity contribution in [2.45, 2.75) is 25.7 Å². The van der Waals surface area contributed by atoms with Crippen molar-refractivity contribution < 1.29 is 28.4 Å². The van der Waals surface area contributed by atoms with Crippen molar-refractivity contribution in [1.82, 2.24) is 15.6 Å². The Hall–Kier alpha value is -5.28. The van der Waals surface area contributed by atoms with Crippen molar-refractivity contribution >= 4 is 11.8 Å². The number of benzene rings is 3. The van der Waals surface area contributed by atoms with Crippen LogP contribution in [0.5, 0.6) is 5.75 Å². The summed E-state index contributed by atoms with van der Waals surface area (Å²) in [7, 11) is 1.62. The zero-order valence-electron chi connectivity index (χ0n) is 23.2. The lowest BCUT2D eigenvalue weighted by atomic mass is 10.1. The third kappa shape index (κ3) is 6.89. The maximum absolute atomic E-state index is 12.8. The monoisotopic (exact) mass is 563 g/mol. The molecule has 2 aromatic heterocycles. The van der Waals surface area contributed by atoms with Crippen LogP contribution in [0.15, 0.2) is 114 Å². The Morgan fingerprint density at radius 3 is 2.38 bits per heavy atom. The molecule has 0 fully saturated rings. The van der Waals surface area contributed by atoms with E-state index in [1.165, 1.54) is 0 Å². The molecular weight excluding hydrogens is 532 g/mol. The van der Waals surface area contributed by atoms with Gasteiger partial charge in [-0.3, -0.25) is 9.59 Å². The van der Waals surface area contributed by atoms with Crippen LogP contribution in [-0.4, -0.2) is 35.2 Å². The van der Waals surface area contributed by atoms with Gasteiger partial charge >= 0.3 is 0 Å². The number of aliphatic hydroxyl groups is 1. The average Bonchev–Trinajstić information content (AvgIpc) is 3.52. The number of carbonyl (C=O) groups excluding carboxylic acids is 2. The molecule has 0 aliphatic heterocycles. The Balaban J connectivity index is 1.18. The normalized spacial score (nSPS) is 12.3. The number of carbonyl (C=O) groups is 2. The number of nitrogens with zero attached hydrogens (tertiary/aromatic N) is 2. The van der Waals surface area contributed by atoms with Crippen LogP contribution >= 0.6 is 0 Å². The Morgan fingerprint density at radius 1 is 0.929 bits per heavy atom. The van der Waals surface area contributed by atoms with Crippen LogP contribution in [0.3, 0.4) is 0 Å². The Morgan fingerprint density at radius 2 is 1.67 bits per heavy atom. The standard InChI is InChI=1S/C33H30N4O5/c1-22(24-8-4-3-5-9-24)35-31(39)32(40)36-30(38)27-10-6-7-23(19-27)21-37-17-15-26(16-18-37)33-34-20-29(42-33)25-11-13-28(41-2)14-12-25/h3-20,22,32,40H,21H2,1-2H3,(H-,35,36,38,39)/p+1. The fraction of sp³-hybridized carbons (Fsp3) is 0.152. The van der Waals surface area contributed by atoms with Crippen LogP contribution in [0.25, 0.3) is 22.8 Å². The van der Waals surface area contributed by atoms with Gasteiger partial charge in [0, 0.05) is 34.4 Å². The van der Waals surface area contributed by atoms with E-state index in [1.807, 2.05) is 89.8 Å². The van der Waals surface area contributed by atoms with Crippen LogP contribution in [0.2, 0.25) is 0 Å². The number of aromatic nitrogens is 2. The van der Waals surface area contributed by atoms with E-state index in [9.17, 15) is 14.7 Å². The first kappa shape index (κ1) is 28.3. The fourth-order valence-electron chi connectivity index (χ4n) is 4.41. The zero-order valence-corrected chi connectivity index (χ0v) is 23.2. The van der Waals surface area contributed by atoms with Gasteiger partial charge in [-0.05, 0) is 48.9 Å². The van der Waals surface area contributed by atoms with Crippen molar-refractivity contribution in [2.24, 2.45) is 0 Å². The molecule has 42 heavy (non-hydrogen) atoms. The van der Waals surface area contributed by atoms with Crippen LogP contribution in [0, 0.1) is 0 Å². The summed E-state index contributed by atoms with van der Waals surface area (Å²) in [6, 6.07) is 27.4. The summed E-state index contributed by atoms with van der Waals surface area (Å²) < 4.78 is 13.1. The summed E-state index contributed by atoms with van der Waals surface area (Å²) in [6.45, 7) is 2.31. The van der Waals surface area contributed by atoms with E-state index in [0.29, 0.717) is 23.8 Å². The van der Waals surface area contributed by atoms with E-state index in [-0.39, 0.29) is 6.04 Å². The van der Waals surface area contributed by atoms with E-state index in [2.05, 4.69) is 15.6 Å². The number of ether oxygens (including phenoxy) is 1. The number of methoxy groups -OCH3 is 1. The van der Waals surface area contributed by atoms with Gasteiger partial charge in [0.1, 0.15) is 5.75 Å². The quantitative estimate of drug-likeness (QED) is 0.173. The zero-order chi connectivity index (χ0) is 29.5. The molecule has 2 unspecified atom stereocenters. The molecule has 0 saturated heterocycles. The highest BCUT2D eigenvalue weighted by Gasteiger charge is 2.21. The Labute approximate surface area is 243 Å². The third-order valence-corrected chi connectivity index (χ3v) is 6.75. The van der Waals surface area contributed by atoms with Crippen molar-refractivity contribution in [1.29, 1.82) is 0 Å². The summed E-state index contributed by atoms with van der Waals surface area (Å²) in [5.74, 6) is 0.698. The molecule has 212 valence electrons. The molecule has 5 rings (SSSR count). The molecular formula is C33H31N4O5+. The summed E-state index contributed by atoms with van der Waals surface area (Å²) in [5, 5.41) is 15.4. The first-order chi connectivity index (χ1) is 20.4. The van der Waals surface area contributed by atoms with Gasteiger partial charge in [0.05, 0.1) is 19.3 Å². The van der Waals surface area contributed by atoms with Gasteiger partial charge in [-0.15, -0.1) is 0 Å². The van der Waals surface area contributed by atoms with Crippen molar-refractivity contribution in [3.05, 3.63) is 126 Å². The smallest absolute Gasteiger partial charge is 0.270 e. The van der Waals surface area contributed by atoms with Gasteiger partial charge in [0.25, 0.3) is 11.8 Å². The van der Waals surface area contributed by atoms with E-state index < -0.39 is 18.0 Å². The molecule has 3 aromatic carbocycles. The number of oxazole rings is 1. The second-order valence-electron chi connectivity index (χ2n) is 9.73. The summed E-state index contributed by atoms with van der Waals surface area (Å²) in [4.78, 5) is 29.6. The predicted octanol–water partition coefficient (Wildman–Crippen LogP) is 4.28. The lowest BCUT2D eigenvalue weighted by Crippen LogP contribution is -2.47. The van der Waals surface area contributed by atoms with Crippen molar-refractivity contribution in [3.8, 4) is 28.5 Å². The Kier molecular flexibility index (Phi) is 8.70. The molecule has 3 N–H and O–H groups in total. The fourth-order valence-corrected chi connectivity index (χ4v) is 4.41. The maximum Gasteiger partial charge on any atom is 0.270 e. The minimum absolute atomic E-state index is 0.323. The van der Waals surface area contributed by atoms with Crippen molar-refractivity contribution in [2.75, 3.05) is 7.11 Å². The molecule has 9 heteroatoms. The largest absolute Gasteiger partial charge is 0.497 e. The SMILES string of the molecule is COc1ccc(-c2cnc(-c3cc[n+](Cc4cccc(C(=O)NC(O)C(=O)NC(C)c5ccccc5)c4)cc3)o2)cc1. The maximum atomic E-state index is 12.8. The molecule has 2 amide bonds. The number of pyridine rings is 1. The molecule has 0 spiro atoms. The molecule has 0 saturated carbocycles. The summed E-state index contributed by atoms with van der Waals surface area (Å²) in [6.07, 6.45) is 3.82. The molecule has 5 aromatic rings. The number of nitrogens with one attached hydrogen (secondary N) is 2. The van der Waals surface area contributed by atoms with Crippen molar-refractivity contribution in [3.63, 3.8) is 0 Å². The molecule has 0 radical (unpaired) electrons. The first-order valence-corrected chi connectivity index (χ1v) is 13.4. The van der Waals surface area contributed by atoms with Gasteiger partial charge in [-0.2, -0.15) is 0 Å². The highest BCUT2D eigenvalue weighted by molar-refractivity contribution is 5.97. The number of aliphatic hydroxyl groups excluding tert-OH is 1. The minimum Gasteiger partial charge on any atom is -0.497 e. The minimum atomic E-state index is -1.69. The van der Waals surface area contributed by atoms with Gasteiger partial charge in [0.15, 0.2) is 24.7 Å². The lowest BCUT2D eigenvalue weighted by Gasteiger charge is -2.18. The predicted molar refractivity (Wildman–Crippen MR) is 156 cm³/mol. The molecule has 0 aliphatic carbocycles. The molecule has 2 atom stereocenters. The van der Waals surface area contributed by atoms with Crippen LogP contribution < -0.4 is 19.9 Å². The van der Waals surface area contributed by atoms with Gasteiger partial charge in [-0.1, -0.05) is 42.5 Å². The number of hydrogen-bond acceptors (Lipinski definition) is 6. The molecule has 9 nitrogen and oxygen atoms in total. The highest BCUT2D eigenvalue weighted by atomic mass is 16.5. The van der Waals surface area contributed by atoms with Gasteiger partial charge < -0.3 is 24.9 Å². The average molecular weight is 564 g/mol. The lowest BCUT2D eigenvalue weighted by molar-refractivity contribution is -0.688. The van der Waals surface area contributed by atoms with Crippen LogP contribution in [0.1, 0.15) is 34.5 Å². The summed E-state index contributed by atoms with van der Waals surface area (Å²) in [5.41, 5.74) is 3.82. The summed E-state index contributed by atoms with van der Waals surface area (Å²) >= 11 is 0. The van der Waals surface area contributed by atoms with Gasteiger partial charge in [-0.25, -0.2) is 9.55 Å².